The third-order valence-electron chi connectivity index (χ3n) is 4.62. The Labute approximate surface area is 173 Å². The van der Waals surface area contributed by atoms with Crippen molar-refractivity contribution in [3.8, 4) is 0 Å². The summed E-state index contributed by atoms with van der Waals surface area (Å²) < 4.78 is 40.0. The summed E-state index contributed by atoms with van der Waals surface area (Å²) in [6, 6.07) is 15.4. The maximum Gasteiger partial charge on any atom is 0.416 e. The van der Waals surface area contributed by atoms with Crippen LogP contribution in [0.25, 0.3) is 0 Å². The quantitative estimate of drug-likeness (QED) is 0.455. The Bertz CT molecular complexity index is 947. The number of alkyl halides is 3. The van der Waals surface area contributed by atoms with Crippen LogP contribution in [0, 0.1) is 0 Å². The molecule has 2 N–H and O–H groups in total. The Morgan fingerprint density at radius 2 is 1.73 bits per heavy atom. The molecule has 0 aliphatic rings. The van der Waals surface area contributed by atoms with Crippen LogP contribution in [-0.4, -0.2) is 29.1 Å². The molecule has 0 unspecified atom stereocenters. The molecule has 0 fully saturated rings. The van der Waals surface area contributed by atoms with Crippen LogP contribution in [-0.2, 0) is 25.7 Å². The molecule has 0 aliphatic carbocycles. The molecule has 3 aromatic rings. The van der Waals surface area contributed by atoms with Gasteiger partial charge in [-0.15, -0.1) is 0 Å². The van der Waals surface area contributed by atoms with Gasteiger partial charge in [0.25, 0.3) is 0 Å². The summed E-state index contributed by atoms with van der Waals surface area (Å²) in [5, 5.41) is 6.39. The Morgan fingerprint density at radius 1 is 1.00 bits per heavy atom. The largest absolute Gasteiger partial charge is 0.416 e. The molecule has 0 saturated carbocycles. The predicted octanol–water partition coefficient (Wildman–Crippen LogP) is 3.86. The molecule has 0 atom stereocenters. The number of guanidine groups is 1. The topological polar surface area (TPSA) is 54.2 Å². The lowest BCUT2D eigenvalue weighted by atomic mass is 10.1. The summed E-state index contributed by atoms with van der Waals surface area (Å²) in [6.45, 7) is 1.78. The molecule has 0 amide bonds. The molecule has 0 aliphatic heterocycles. The van der Waals surface area contributed by atoms with Crippen LogP contribution in [0.15, 0.2) is 72.0 Å². The van der Waals surface area contributed by atoms with E-state index in [1.54, 1.807) is 13.2 Å². The fourth-order valence-corrected chi connectivity index (χ4v) is 3.00. The lowest BCUT2D eigenvalue weighted by Crippen LogP contribution is -2.38. The molecule has 1 heterocycles. The second-order valence-corrected chi connectivity index (χ2v) is 6.75. The lowest BCUT2D eigenvalue weighted by molar-refractivity contribution is -0.137. The Balaban J connectivity index is 1.47. The van der Waals surface area contributed by atoms with Crippen LogP contribution in [0.3, 0.4) is 0 Å². The van der Waals surface area contributed by atoms with E-state index < -0.39 is 11.7 Å². The van der Waals surface area contributed by atoms with Gasteiger partial charge in [0.15, 0.2) is 5.96 Å². The average molecular weight is 415 g/mol. The molecule has 158 valence electrons. The van der Waals surface area contributed by atoms with Gasteiger partial charge in [-0.05, 0) is 29.7 Å². The van der Waals surface area contributed by atoms with E-state index in [0.717, 1.165) is 30.1 Å². The number of hydrogen-bond donors (Lipinski definition) is 2. The minimum atomic E-state index is -4.31. The van der Waals surface area contributed by atoms with Gasteiger partial charge in [-0.25, -0.2) is 4.98 Å². The van der Waals surface area contributed by atoms with Gasteiger partial charge >= 0.3 is 6.18 Å². The van der Waals surface area contributed by atoms with Crippen molar-refractivity contribution in [2.45, 2.75) is 25.7 Å². The van der Waals surface area contributed by atoms with E-state index >= 15 is 0 Å². The third-order valence-corrected chi connectivity index (χ3v) is 4.62. The third kappa shape index (κ3) is 6.10. The van der Waals surface area contributed by atoms with Crippen LogP contribution in [0.1, 0.15) is 22.5 Å². The first kappa shape index (κ1) is 21.4. The number of imidazole rings is 1. The van der Waals surface area contributed by atoms with Crippen molar-refractivity contribution in [1.29, 1.82) is 0 Å². The maximum atomic E-state index is 12.6. The summed E-state index contributed by atoms with van der Waals surface area (Å²) >= 11 is 0. The summed E-state index contributed by atoms with van der Waals surface area (Å²) in [4.78, 5) is 8.59. The fraction of sp³-hybridized carbons (Fsp3) is 0.273. The smallest absolute Gasteiger partial charge is 0.356 e. The van der Waals surface area contributed by atoms with Gasteiger partial charge in [0.05, 0.1) is 12.1 Å². The van der Waals surface area contributed by atoms with Crippen LogP contribution < -0.4 is 10.6 Å². The number of hydrogen-bond acceptors (Lipinski definition) is 2. The molecule has 2 aromatic carbocycles. The zero-order chi connectivity index (χ0) is 21.4. The predicted molar refractivity (Wildman–Crippen MR) is 111 cm³/mol. The van der Waals surface area contributed by atoms with Gasteiger partial charge < -0.3 is 15.2 Å². The molecule has 0 radical (unpaired) electrons. The highest BCUT2D eigenvalue weighted by atomic mass is 19.4. The molecule has 0 saturated heterocycles. The Morgan fingerprint density at radius 3 is 2.40 bits per heavy atom. The molecule has 30 heavy (non-hydrogen) atoms. The van der Waals surface area contributed by atoms with Crippen LogP contribution in [0.2, 0.25) is 0 Å². The number of benzene rings is 2. The van der Waals surface area contributed by atoms with Crippen molar-refractivity contribution < 1.29 is 13.2 Å². The molecule has 8 heteroatoms. The minimum absolute atomic E-state index is 0.500. The second-order valence-electron chi connectivity index (χ2n) is 6.75. The van der Waals surface area contributed by atoms with E-state index in [1.807, 2.05) is 24.4 Å². The molecule has 0 bridgehead atoms. The van der Waals surface area contributed by atoms with Gasteiger partial charge in [0.2, 0.25) is 0 Å². The summed E-state index contributed by atoms with van der Waals surface area (Å²) in [7, 11) is 1.67. The average Bonchev–Trinajstić information content (AvgIpc) is 3.18. The van der Waals surface area contributed by atoms with Crippen LogP contribution >= 0.6 is 0 Å². The Kier molecular flexibility index (Phi) is 7.11. The molecule has 1 aromatic heterocycles. The fourth-order valence-electron chi connectivity index (χ4n) is 3.00. The highest BCUT2D eigenvalue weighted by Gasteiger charge is 2.29. The van der Waals surface area contributed by atoms with Gasteiger partial charge in [0, 0.05) is 32.5 Å². The number of nitrogens with one attached hydrogen (secondary N) is 2. The lowest BCUT2D eigenvalue weighted by Gasteiger charge is -2.13. The number of aliphatic imine (C=N–C) groups is 1. The van der Waals surface area contributed by atoms with Crippen molar-refractivity contribution in [3.63, 3.8) is 0 Å². The summed E-state index contributed by atoms with van der Waals surface area (Å²) in [5.74, 6) is 1.49. The first-order valence-corrected chi connectivity index (χ1v) is 9.60. The van der Waals surface area contributed by atoms with Crippen LogP contribution in [0.4, 0.5) is 13.2 Å². The van der Waals surface area contributed by atoms with Crippen molar-refractivity contribution >= 4 is 5.96 Å². The minimum Gasteiger partial charge on any atom is -0.356 e. The van der Waals surface area contributed by atoms with Gasteiger partial charge in [0.1, 0.15) is 5.82 Å². The van der Waals surface area contributed by atoms with Crippen molar-refractivity contribution in [2.75, 3.05) is 13.6 Å². The van der Waals surface area contributed by atoms with Gasteiger partial charge in [-0.3, -0.25) is 4.99 Å². The first-order chi connectivity index (χ1) is 14.5. The van der Waals surface area contributed by atoms with Crippen LogP contribution in [0.5, 0.6) is 0 Å². The highest BCUT2D eigenvalue weighted by molar-refractivity contribution is 5.79. The van der Waals surface area contributed by atoms with E-state index in [-0.39, 0.29) is 0 Å². The summed E-state index contributed by atoms with van der Waals surface area (Å²) in [5.41, 5.74) is 1.38. The van der Waals surface area contributed by atoms with Crippen molar-refractivity contribution in [2.24, 2.45) is 4.99 Å². The highest BCUT2D eigenvalue weighted by Crippen LogP contribution is 2.29. The Hall–Kier alpha value is -3.29. The normalized spacial score (nSPS) is 12.1. The molecule has 5 nitrogen and oxygen atoms in total. The summed E-state index contributed by atoms with van der Waals surface area (Å²) in [6.07, 6.45) is -0.0258. The van der Waals surface area contributed by atoms with Gasteiger partial charge in [-0.1, -0.05) is 42.5 Å². The number of nitrogens with zero attached hydrogens (tertiary/aromatic N) is 3. The number of rotatable bonds is 7. The number of aromatic nitrogens is 2. The zero-order valence-corrected chi connectivity index (χ0v) is 16.7. The van der Waals surface area contributed by atoms with E-state index in [2.05, 4.69) is 37.3 Å². The van der Waals surface area contributed by atoms with E-state index in [0.29, 0.717) is 25.5 Å². The van der Waals surface area contributed by atoms with Gasteiger partial charge in [-0.2, -0.15) is 13.2 Å². The van der Waals surface area contributed by atoms with Crippen molar-refractivity contribution in [3.05, 3.63) is 89.5 Å². The maximum absolute atomic E-state index is 12.6. The molecule has 0 spiro atoms. The van der Waals surface area contributed by atoms with E-state index in [4.69, 9.17) is 0 Å². The standard InChI is InChI=1S/C22H24F3N5/c1-26-21(28-12-11-17-7-9-19(10-8-17)22(23,24)25)29-15-20-27-13-14-30(20)16-18-5-3-2-4-6-18/h2-10,13-14H,11-12,15-16H2,1H3,(H2,26,28,29). The molecular weight excluding hydrogens is 391 g/mol. The van der Waals surface area contributed by atoms with Crippen molar-refractivity contribution in [1.82, 2.24) is 20.2 Å². The monoisotopic (exact) mass is 415 g/mol. The molecule has 3 rings (SSSR count). The second kappa shape index (κ2) is 9.96. The number of halogens is 3. The first-order valence-electron chi connectivity index (χ1n) is 9.60. The van der Waals surface area contributed by atoms with E-state index in [1.165, 1.54) is 17.7 Å². The zero-order valence-electron chi connectivity index (χ0n) is 16.7. The van der Waals surface area contributed by atoms with E-state index in [9.17, 15) is 13.2 Å². The SMILES string of the molecule is CN=C(NCCc1ccc(C(F)(F)F)cc1)NCc1nccn1Cc1ccccc1. The molecular formula is C22H24F3N5.